The lowest BCUT2D eigenvalue weighted by Gasteiger charge is -2.22. The van der Waals surface area contributed by atoms with E-state index in [1.54, 1.807) is 0 Å². The SMILES string of the molecule is NCC(c1ccc(Br)cc1)C(O)C1CC1c1ccccc1. The van der Waals surface area contributed by atoms with Gasteiger partial charge >= 0.3 is 0 Å². The fourth-order valence-corrected chi connectivity index (χ4v) is 3.42. The van der Waals surface area contributed by atoms with Gasteiger partial charge in [-0.1, -0.05) is 58.4 Å². The van der Waals surface area contributed by atoms with Crippen LogP contribution in [0.5, 0.6) is 0 Å². The van der Waals surface area contributed by atoms with Gasteiger partial charge in [-0.05, 0) is 41.5 Å². The van der Waals surface area contributed by atoms with Gasteiger partial charge in [0, 0.05) is 16.9 Å². The van der Waals surface area contributed by atoms with Gasteiger partial charge in [0.05, 0.1) is 6.10 Å². The molecule has 21 heavy (non-hydrogen) atoms. The van der Waals surface area contributed by atoms with Crippen LogP contribution in [0.3, 0.4) is 0 Å². The van der Waals surface area contributed by atoms with Gasteiger partial charge in [0.1, 0.15) is 0 Å². The molecule has 0 aliphatic heterocycles. The van der Waals surface area contributed by atoms with E-state index in [-0.39, 0.29) is 12.0 Å². The zero-order valence-electron chi connectivity index (χ0n) is 11.8. The number of aliphatic hydroxyl groups excluding tert-OH is 1. The van der Waals surface area contributed by atoms with Crippen LogP contribution in [-0.4, -0.2) is 17.8 Å². The summed E-state index contributed by atoms with van der Waals surface area (Å²) in [5, 5.41) is 10.7. The van der Waals surface area contributed by atoms with Crippen molar-refractivity contribution in [2.45, 2.75) is 24.4 Å². The number of hydrogen-bond acceptors (Lipinski definition) is 2. The highest BCUT2D eigenvalue weighted by Crippen LogP contribution is 2.51. The van der Waals surface area contributed by atoms with Crippen LogP contribution in [0.1, 0.15) is 29.4 Å². The number of nitrogens with two attached hydrogens (primary N) is 1. The molecule has 0 spiro atoms. The summed E-state index contributed by atoms with van der Waals surface area (Å²) in [5.74, 6) is 0.812. The second kappa shape index (κ2) is 6.30. The third-order valence-electron chi connectivity index (χ3n) is 4.47. The molecule has 0 heterocycles. The van der Waals surface area contributed by atoms with Crippen molar-refractivity contribution in [3.63, 3.8) is 0 Å². The van der Waals surface area contributed by atoms with E-state index in [4.69, 9.17) is 5.73 Å². The molecule has 1 fully saturated rings. The van der Waals surface area contributed by atoms with Crippen molar-refractivity contribution in [2.24, 2.45) is 11.7 Å². The summed E-state index contributed by atoms with van der Waals surface area (Å²) >= 11 is 3.44. The number of halogens is 1. The first-order valence-corrected chi connectivity index (χ1v) is 8.18. The third kappa shape index (κ3) is 3.20. The molecular weight excluding hydrogens is 326 g/mol. The second-order valence-corrected chi connectivity index (χ2v) is 6.72. The Bertz CT molecular complexity index is 584. The van der Waals surface area contributed by atoms with Crippen molar-refractivity contribution in [2.75, 3.05) is 6.54 Å². The molecule has 0 saturated heterocycles. The highest BCUT2D eigenvalue weighted by atomic mass is 79.9. The Balaban J connectivity index is 1.72. The van der Waals surface area contributed by atoms with Gasteiger partial charge in [-0.3, -0.25) is 0 Å². The summed E-state index contributed by atoms with van der Waals surface area (Å²) in [6.45, 7) is 0.473. The Morgan fingerprint density at radius 3 is 2.38 bits per heavy atom. The molecule has 110 valence electrons. The lowest BCUT2D eigenvalue weighted by molar-refractivity contribution is 0.120. The predicted octanol–water partition coefficient (Wildman–Crippen LogP) is 3.66. The molecule has 2 aromatic carbocycles. The molecule has 2 aromatic rings. The van der Waals surface area contributed by atoms with Gasteiger partial charge in [-0.25, -0.2) is 0 Å². The molecule has 0 amide bonds. The molecule has 3 heteroatoms. The van der Waals surface area contributed by atoms with Crippen LogP contribution in [0.25, 0.3) is 0 Å². The fraction of sp³-hybridized carbons (Fsp3) is 0.333. The van der Waals surface area contributed by atoms with Crippen molar-refractivity contribution >= 4 is 15.9 Å². The van der Waals surface area contributed by atoms with Gasteiger partial charge in [0.25, 0.3) is 0 Å². The summed E-state index contributed by atoms with van der Waals surface area (Å²) < 4.78 is 1.05. The van der Waals surface area contributed by atoms with E-state index in [9.17, 15) is 5.11 Å². The first kappa shape index (κ1) is 14.8. The lowest BCUT2D eigenvalue weighted by Crippen LogP contribution is -2.28. The third-order valence-corrected chi connectivity index (χ3v) is 5.00. The molecule has 1 aliphatic rings. The minimum Gasteiger partial charge on any atom is -0.392 e. The molecule has 0 aromatic heterocycles. The fourth-order valence-electron chi connectivity index (χ4n) is 3.16. The molecule has 0 radical (unpaired) electrons. The highest BCUT2D eigenvalue weighted by Gasteiger charge is 2.45. The average Bonchev–Trinajstić information content (AvgIpc) is 3.31. The van der Waals surface area contributed by atoms with Crippen molar-refractivity contribution in [3.05, 3.63) is 70.2 Å². The zero-order valence-corrected chi connectivity index (χ0v) is 13.4. The standard InChI is InChI=1S/C18H20BrNO/c19-14-8-6-13(7-9-14)17(11-20)18(21)16-10-15(16)12-4-2-1-3-5-12/h1-9,15-18,21H,10-11,20H2. The molecule has 4 unspecified atom stereocenters. The maximum Gasteiger partial charge on any atom is 0.0655 e. The van der Waals surface area contributed by atoms with Gasteiger partial charge in [0.2, 0.25) is 0 Å². The van der Waals surface area contributed by atoms with E-state index >= 15 is 0 Å². The number of rotatable bonds is 5. The first-order chi connectivity index (χ1) is 10.2. The molecule has 1 aliphatic carbocycles. The summed E-state index contributed by atoms with van der Waals surface area (Å²) in [7, 11) is 0. The van der Waals surface area contributed by atoms with Crippen molar-refractivity contribution < 1.29 is 5.11 Å². The quantitative estimate of drug-likeness (QED) is 0.868. The Kier molecular flexibility index (Phi) is 4.43. The van der Waals surface area contributed by atoms with Crippen molar-refractivity contribution in [1.29, 1.82) is 0 Å². The molecule has 0 bridgehead atoms. The summed E-state index contributed by atoms with van der Waals surface area (Å²) in [5.41, 5.74) is 8.37. The average molecular weight is 346 g/mol. The van der Waals surface area contributed by atoms with Crippen molar-refractivity contribution in [1.82, 2.24) is 0 Å². The Hall–Kier alpha value is -1.16. The Labute approximate surface area is 134 Å². The monoisotopic (exact) mass is 345 g/mol. The summed E-state index contributed by atoms with van der Waals surface area (Å²) in [4.78, 5) is 0. The summed E-state index contributed by atoms with van der Waals surface area (Å²) in [6.07, 6.45) is 0.680. The molecule has 2 nitrogen and oxygen atoms in total. The topological polar surface area (TPSA) is 46.2 Å². The second-order valence-electron chi connectivity index (χ2n) is 5.80. The molecule has 3 N–H and O–H groups in total. The largest absolute Gasteiger partial charge is 0.392 e. The predicted molar refractivity (Wildman–Crippen MR) is 89.2 cm³/mol. The van der Waals surface area contributed by atoms with Crippen LogP contribution in [0, 0.1) is 5.92 Å². The Morgan fingerprint density at radius 1 is 1.10 bits per heavy atom. The van der Waals surface area contributed by atoms with E-state index in [2.05, 4.69) is 40.2 Å². The Morgan fingerprint density at radius 2 is 1.76 bits per heavy atom. The van der Waals surface area contributed by atoms with E-state index in [0.29, 0.717) is 18.4 Å². The minimum absolute atomic E-state index is 0.0109. The van der Waals surface area contributed by atoms with E-state index in [1.165, 1.54) is 5.56 Å². The van der Waals surface area contributed by atoms with Crippen LogP contribution in [0.15, 0.2) is 59.1 Å². The molecule has 3 rings (SSSR count). The van der Waals surface area contributed by atoms with Crippen LogP contribution in [0.4, 0.5) is 0 Å². The van der Waals surface area contributed by atoms with Crippen LogP contribution in [0.2, 0.25) is 0 Å². The maximum absolute atomic E-state index is 10.7. The van der Waals surface area contributed by atoms with Gasteiger partial charge in [-0.2, -0.15) is 0 Å². The van der Waals surface area contributed by atoms with Crippen molar-refractivity contribution in [3.8, 4) is 0 Å². The minimum atomic E-state index is -0.374. The molecular formula is C18H20BrNO. The van der Waals surface area contributed by atoms with Gasteiger partial charge in [-0.15, -0.1) is 0 Å². The van der Waals surface area contributed by atoms with E-state index in [1.807, 2.05) is 30.3 Å². The van der Waals surface area contributed by atoms with Crippen LogP contribution >= 0.6 is 15.9 Å². The van der Waals surface area contributed by atoms with Gasteiger partial charge in [0.15, 0.2) is 0 Å². The smallest absolute Gasteiger partial charge is 0.0655 e. The lowest BCUT2D eigenvalue weighted by atomic mass is 9.89. The number of aliphatic hydroxyl groups is 1. The van der Waals surface area contributed by atoms with Crippen LogP contribution < -0.4 is 5.73 Å². The molecule has 4 atom stereocenters. The zero-order chi connectivity index (χ0) is 14.8. The number of hydrogen-bond donors (Lipinski definition) is 2. The number of benzene rings is 2. The normalized spacial score (nSPS) is 23.6. The highest BCUT2D eigenvalue weighted by molar-refractivity contribution is 9.10. The van der Waals surface area contributed by atoms with Gasteiger partial charge < -0.3 is 10.8 Å². The maximum atomic E-state index is 10.7. The summed E-state index contributed by atoms with van der Waals surface area (Å²) in [6, 6.07) is 18.6. The van der Waals surface area contributed by atoms with Crippen LogP contribution in [-0.2, 0) is 0 Å². The molecule has 1 saturated carbocycles. The van der Waals surface area contributed by atoms with E-state index in [0.717, 1.165) is 16.5 Å². The van der Waals surface area contributed by atoms with E-state index < -0.39 is 0 Å². The first-order valence-electron chi connectivity index (χ1n) is 7.39.